The lowest BCUT2D eigenvalue weighted by Gasteiger charge is -2.38. The molecule has 8 heteroatoms. The Hall–Kier alpha value is -1.41. The fourth-order valence-corrected chi connectivity index (χ4v) is 6.70. The molecular weight excluding hydrogens is 416 g/mol. The monoisotopic (exact) mass is 438 g/mol. The van der Waals surface area contributed by atoms with Gasteiger partial charge in [0.2, 0.25) is 15.9 Å². The average Bonchev–Trinajstić information content (AvgIpc) is 3.18. The SMILES string of the molecule is C[C@H]1c2ccsc2CCN1C(=O)C1CCN(S(=O)(=O)c2ccc(Cl)cc2)CC1. The molecule has 28 heavy (non-hydrogen) atoms. The van der Waals surface area contributed by atoms with E-state index in [4.69, 9.17) is 11.6 Å². The highest BCUT2D eigenvalue weighted by atomic mass is 35.5. The van der Waals surface area contributed by atoms with Crippen LogP contribution in [-0.4, -0.2) is 43.2 Å². The van der Waals surface area contributed by atoms with Gasteiger partial charge in [-0.25, -0.2) is 8.42 Å². The molecule has 0 aliphatic carbocycles. The molecule has 0 spiro atoms. The van der Waals surface area contributed by atoms with Crippen LogP contribution in [0.1, 0.15) is 36.2 Å². The molecule has 1 fully saturated rings. The maximum atomic E-state index is 13.1. The quantitative estimate of drug-likeness (QED) is 0.729. The minimum atomic E-state index is -3.54. The number of thiophene rings is 1. The van der Waals surface area contributed by atoms with E-state index in [1.54, 1.807) is 23.5 Å². The normalized spacial score (nSPS) is 21.5. The summed E-state index contributed by atoms with van der Waals surface area (Å²) in [5.74, 6) is 0.0483. The first-order valence-corrected chi connectivity index (χ1v) is 12.2. The van der Waals surface area contributed by atoms with Gasteiger partial charge in [0.1, 0.15) is 0 Å². The molecule has 0 unspecified atom stereocenters. The third-order valence-corrected chi connectivity index (χ3v) is 8.98. The molecule has 2 aliphatic rings. The summed E-state index contributed by atoms with van der Waals surface area (Å²) < 4.78 is 27.1. The first-order chi connectivity index (χ1) is 13.4. The van der Waals surface area contributed by atoms with E-state index >= 15 is 0 Å². The van der Waals surface area contributed by atoms with Crippen molar-refractivity contribution >= 4 is 38.9 Å². The molecule has 4 rings (SSSR count). The minimum Gasteiger partial charge on any atom is -0.335 e. The lowest BCUT2D eigenvalue weighted by molar-refractivity contribution is -0.139. The summed E-state index contributed by atoms with van der Waals surface area (Å²) in [5, 5.41) is 2.60. The van der Waals surface area contributed by atoms with Crippen molar-refractivity contribution in [2.45, 2.75) is 37.1 Å². The van der Waals surface area contributed by atoms with E-state index in [1.807, 2.05) is 4.90 Å². The number of amides is 1. The second-order valence-electron chi connectivity index (χ2n) is 7.39. The van der Waals surface area contributed by atoms with Crippen molar-refractivity contribution in [2.75, 3.05) is 19.6 Å². The Labute approximate surface area is 175 Å². The maximum Gasteiger partial charge on any atom is 0.243 e. The van der Waals surface area contributed by atoms with Crippen LogP contribution in [0.15, 0.2) is 40.6 Å². The highest BCUT2D eigenvalue weighted by Crippen LogP contribution is 2.35. The Morgan fingerprint density at radius 2 is 1.79 bits per heavy atom. The summed E-state index contributed by atoms with van der Waals surface area (Å²) in [4.78, 5) is 16.7. The molecule has 3 heterocycles. The summed E-state index contributed by atoms with van der Waals surface area (Å²) in [7, 11) is -3.54. The van der Waals surface area contributed by atoms with Gasteiger partial charge >= 0.3 is 0 Å². The van der Waals surface area contributed by atoms with Gasteiger partial charge in [0.25, 0.3) is 0 Å². The average molecular weight is 439 g/mol. The standard InChI is InChI=1S/C20H23ClN2O3S2/c1-14-18-9-13-27-19(18)8-12-23(14)20(24)15-6-10-22(11-7-15)28(25,26)17-4-2-16(21)3-5-17/h2-5,9,13-15H,6-8,10-12H2,1H3/t14-/m0/s1. The third kappa shape index (κ3) is 3.61. The first kappa shape index (κ1) is 19.9. The molecule has 1 aromatic heterocycles. The summed E-state index contributed by atoms with van der Waals surface area (Å²) in [6.45, 7) is 3.57. The molecule has 1 aromatic carbocycles. The first-order valence-electron chi connectivity index (χ1n) is 9.50. The number of piperidine rings is 1. The van der Waals surface area contributed by atoms with Crippen LogP contribution in [0.2, 0.25) is 5.02 Å². The van der Waals surface area contributed by atoms with Crippen LogP contribution in [0.5, 0.6) is 0 Å². The van der Waals surface area contributed by atoms with Gasteiger partial charge in [0, 0.05) is 35.5 Å². The molecule has 0 bridgehead atoms. The van der Waals surface area contributed by atoms with E-state index in [1.165, 1.54) is 26.9 Å². The zero-order chi connectivity index (χ0) is 19.9. The van der Waals surface area contributed by atoms with Crippen LogP contribution in [0, 0.1) is 5.92 Å². The topological polar surface area (TPSA) is 57.7 Å². The molecule has 0 saturated carbocycles. The minimum absolute atomic E-state index is 0.0957. The number of hydrogen-bond donors (Lipinski definition) is 0. The second kappa shape index (κ2) is 7.78. The smallest absolute Gasteiger partial charge is 0.243 e. The highest BCUT2D eigenvalue weighted by molar-refractivity contribution is 7.89. The van der Waals surface area contributed by atoms with E-state index in [-0.39, 0.29) is 22.8 Å². The molecule has 2 aliphatic heterocycles. The Morgan fingerprint density at radius 1 is 1.11 bits per heavy atom. The number of fused-ring (bicyclic) bond motifs is 1. The van der Waals surface area contributed by atoms with Crippen LogP contribution in [0.3, 0.4) is 0 Å². The zero-order valence-corrected chi connectivity index (χ0v) is 18.1. The van der Waals surface area contributed by atoms with Gasteiger partial charge in [-0.1, -0.05) is 11.6 Å². The van der Waals surface area contributed by atoms with Gasteiger partial charge in [-0.05, 0) is 67.5 Å². The molecular formula is C20H23ClN2O3S2. The molecule has 2 aromatic rings. The predicted octanol–water partition coefficient (Wildman–Crippen LogP) is 3.95. The number of rotatable bonds is 3. The molecule has 0 N–H and O–H groups in total. The van der Waals surface area contributed by atoms with E-state index < -0.39 is 10.0 Å². The van der Waals surface area contributed by atoms with Crippen molar-refractivity contribution in [1.82, 2.24) is 9.21 Å². The van der Waals surface area contributed by atoms with Crippen LogP contribution in [0.4, 0.5) is 0 Å². The lowest BCUT2D eigenvalue weighted by Crippen LogP contribution is -2.46. The van der Waals surface area contributed by atoms with E-state index in [9.17, 15) is 13.2 Å². The van der Waals surface area contributed by atoms with E-state index in [0.29, 0.717) is 31.0 Å². The number of carbonyl (C=O) groups excluding carboxylic acids is 1. The summed E-state index contributed by atoms with van der Waals surface area (Å²) in [6.07, 6.45) is 2.03. The van der Waals surface area contributed by atoms with Gasteiger partial charge < -0.3 is 4.90 Å². The Kier molecular flexibility index (Phi) is 5.53. The Balaban J connectivity index is 1.41. The Bertz CT molecular complexity index is 964. The van der Waals surface area contributed by atoms with Crippen LogP contribution < -0.4 is 0 Å². The van der Waals surface area contributed by atoms with Gasteiger partial charge in [-0.15, -0.1) is 11.3 Å². The highest BCUT2D eigenvalue weighted by Gasteiger charge is 2.36. The number of nitrogens with zero attached hydrogens (tertiary/aromatic N) is 2. The van der Waals surface area contributed by atoms with Crippen molar-refractivity contribution in [3.8, 4) is 0 Å². The fourth-order valence-electron chi connectivity index (χ4n) is 4.14. The van der Waals surface area contributed by atoms with E-state index in [0.717, 1.165) is 13.0 Å². The summed E-state index contributed by atoms with van der Waals surface area (Å²) >= 11 is 7.62. The van der Waals surface area contributed by atoms with Gasteiger partial charge in [-0.2, -0.15) is 4.31 Å². The van der Waals surface area contributed by atoms with Crippen molar-refractivity contribution < 1.29 is 13.2 Å². The molecule has 5 nitrogen and oxygen atoms in total. The van der Waals surface area contributed by atoms with E-state index in [2.05, 4.69) is 18.4 Å². The van der Waals surface area contributed by atoms with Crippen molar-refractivity contribution in [3.05, 3.63) is 51.2 Å². The number of hydrogen-bond acceptors (Lipinski definition) is 4. The van der Waals surface area contributed by atoms with Gasteiger partial charge in [0.05, 0.1) is 10.9 Å². The molecule has 150 valence electrons. The Morgan fingerprint density at radius 3 is 2.46 bits per heavy atom. The summed E-state index contributed by atoms with van der Waals surface area (Å²) in [6, 6.07) is 8.44. The van der Waals surface area contributed by atoms with Crippen molar-refractivity contribution in [1.29, 1.82) is 0 Å². The largest absolute Gasteiger partial charge is 0.335 e. The molecule has 1 atom stereocenters. The van der Waals surface area contributed by atoms with Crippen LogP contribution >= 0.6 is 22.9 Å². The third-order valence-electron chi connectivity index (χ3n) is 5.81. The molecule has 1 saturated heterocycles. The molecule has 0 radical (unpaired) electrons. The van der Waals surface area contributed by atoms with Crippen molar-refractivity contribution in [2.24, 2.45) is 5.92 Å². The number of carbonyl (C=O) groups is 1. The second-order valence-corrected chi connectivity index (χ2v) is 10.8. The number of halogens is 1. The fraction of sp³-hybridized carbons (Fsp3) is 0.450. The van der Waals surface area contributed by atoms with Gasteiger partial charge in [-0.3, -0.25) is 4.79 Å². The number of sulfonamides is 1. The summed E-state index contributed by atoms with van der Waals surface area (Å²) in [5.41, 5.74) is 1.26. The zero-order valence-electron chi connectivity index (χ0n) is 15.7. The maximum absolute atomic E-state index is 13.1. The van der Waals surface area contributed by atoms with Crippen LogP contribution in [0.25, 0.3) is 0 Å². The van der Waals surface area contributed by atoms with Crippen molar-refractivity contribution in [3.63, 3.8) is 0 Å². The van der Waals surface area contributed by atoms with Crippen LogP contribution in [-0.2, 0) is 21.2 Å². The predicted molar refractivity (Wildman–Crippen MR) is 111 cm³/mol. The number of benzene rings is 1. The lowest BCUT2D eigenvalue weighted by atomic mass is 9.93. The van der Waals surface area contributed by atoms with Gasteiger partial charge in [0.15, 0.2) is 0 Å². The molecule has 1 amide bonds.